The highest BCUT2D eigenvalue weighted by molar-refractivity contribution is 5.92. The number of rotatable bonds is 7. The molecular formula is C12H17N7O. The minimum Gasteiger partial charge on any atom is -0.369 e. The molecule has 0 bridgehead atoms. The van der Waals surface area contributed by atoms with Crippen LogP contribution in [0.3, 0.4) is 0 Å². The third kappa shape index (κ3) is 4.01. The van der Waals surface area contributed by atoms with Crippen molar-refractivity contribution in [2.24, 2.45) is 0 Å². The highest BCUT2D eigenvalue weighted by Crippen LogP contribution is 2.01. The smallest absolute Gasteiger partial charge is 0.271 e. The summed E-state index contributed by atoms with van der Waals surface area (Å²) in [7, 11) is 0. The van der Waals surface area contributed by atoms with Crippen molar-refractivity contribution in [1.82, 2.24) is 30.5 Å². The van der Waals surface area contributed by atoms with Crippen LogP contribution in [0.25, 0.3) is 0 Å². The quantitative estimate of drug-likeness (QED) is 0.631. The van der Waals surface area contributed by atoms with Crippen LogP contribution in [0.5, 0.6) is 0 Å². The summed E-state index contributed by atoms with van der Waals surface area (Å²) in [4.78, 5) is 24.1. The molecule has 0 saturated heterocycles. The van der Waals surface area contributed by atoms with Crippen LogP contribution in [-0.4, -0.2) is 44.1 Å². The second-order valence-corrected chi connectivity index (χ2v) is 4.11. The first kappa shape index (κ1) is 13.9. The molecule has 106 valence electrons. The second kappa shape index (κ2) is 7.17. The summed E-state index contributed by atoms with van der Waals surface area (Å²) in [6.45, 7) is 3.24. The van der Waals surface area contributed by atoms with E-state index in [4.69, 9.17) is 0 Å². The average Bonchev–Trinajstić information content (AvgIpc) is 2.97. The number of H-pyrrole nitrogens is 1. The lowest BCUT2D eigenvalue weighted by Crippen LogP contribution is -2.26. The molecule has 0 aliphatic carbocycles. The van der Waals surface area contributed by atoms with Crippen LogP contribution in [0.2, 0.25) is 0 Å². The highest BCUT2D eigenvalue weighted by atomic mass is 16.1. The molecule has 1 amide bonds. The van der Waals surface area contributed by atoms with E-state index in [1.165, 1.54) is 12.5 Å². The van der Waals surface area contributed by atoms with Crippen molar-refractivity contribution >= 4 is 11.7 Å². The van der Waals surface area contributed by atoms with Gasteiger partial charge >= 0.3 is 0 Å². The molecule has 2 rings (SSSR count). The van der Waals surface area contributed by atoms with Gasteiger partial charge in [-0.3, -0.25) is 14.9 Å². The van der Waals surface area contributed by atoms with E-state index in [9.17, 15) is 4.79 Å². The minimum absolute atomic E-state index is 0.227. The third-order valence-electron chi connectivity index (χ3n) is 2.57. The molecule has 20 heavy (non-hydrogen) atoms. The SMILES string of the molecule is CCNc1cncc(C(=O)NCCCc2ncn[nH]2)n1. The zero-order valence-corrected chi connectivity index (χ0v) is 11.3. The molecular weight excluding hydrogens is 258 g/mol. The van der Waals surface area contributed by atoms with Gasteiger partial charge in [0.2, 0.25) is 0 Å². The standard InChI is InChI=1S/C12H17N7O/c1-2-14-11-7-13-6-9(18-11)12(20)15-5-3-4-10-16-8-17-19-10/h6-8H,2-5H2,1H3,(H,14,18)(H,15,20)(H,16,17,19). The first-order chi connectivity index (χ1) is 9.79. The van der Waals surface area contributed by atoms with Gasteiger partial charge in [-0.15, -0.1) is 0 Å². The van der Waals surface area contributed by atoms with Crippen molar-refractivity contribution in [2.45, 2.75) is 19.8 Å². The normalized spacial score (nSPS) is 10.2. The Labute approximate surface area is 116 Å². The fraction of sp³-hybridized carbons (Fsp3) is 0.417. The van der Waals surface area contributed by atoms with Gasteiger partial charge in [-0.05, 0) is 13.3 Å². The Balaban J connectivity index is 1.78. The highest BCUT2D eigenvalue weighted by Gasteiger charge is 2.08. The molecule has 0 spiro atoms. The Morgan fingerprint density at radius 3 is 3.05 bits per heavy atom. The van der Waals surface area contributed by atoms with Crippen LogP contribution in [0.1, 0.15) is 29.7 Å². The van der Waals surface area contributed by atoms with E-state index in [-0.39, 0.29) is 5.91 Å². The molecule has 0 aliphatic heterocycles. The summed E-state index contributed by atoms with van der Waals surface area (Å²) in [5, 5.41) is 12.4. The van der Waals surface area contributed by atoms with Crippen molar-refractivity contribution in [3.63, 3.8) is 0 Å². The number of hydrogen-bond acceptors (Lipinski definition) is 6. The average molecular weight is 275 g/mol. The zero-order valence-electron chi connectivity index (χ0n) is 11.3. The molecule has 0 atom stereocenters. The van der Waals surface area contributed by atoms with Crippen molar-refractivity contribution < 1.29 is 4.79 Å². The number of aromatic nitrogens is 5. The van der Waals surface area contributed by atoms with E-state index >= 15 is 0 Å². The van der Waals surface area contributed by atoms with Crippen LogP contribution in [-0.2, 0) is 6.42 Å². The maximum Gasteiger partial charge on any atom is 0.271 e. The molecule has 2 heterocycles. The number of carbonyl (C=O) groups is 1. The lowest BCUT2D eigenvalue weighted by Gasteiger charge is -2.06. The second-order valence-electron chi connectivity index (χ2n) is 4.11. The lowest BCUT2D eigenvalue weighted by atomic mass is 10.3. The molecule has 0 radical (unpaired) electrons. The molecule has 8 nitrogen and oxygen atoms in total. The monoisotopic (exact) mass is 275 g/mol. The van der Waals surface area contributed by atoms with Crippen molar-refractivity contribution in [3.05, 3.63) is 30.2 Å². The summed E-state index contributed by atoms with van der Waals surface area (Å²) in [6.07, 6.45) is 6.02. The van der Waals surface area contributed by atoms with Gasteiger partial charge in [-0.25, -0.2) is 9.97 Å². The molecule has 0 fully saturated rings. The molecule has 2 aromatic heterocycles. The number of amides is 1. The molecule has 0 aliphatic rings. The predicted octanol–water partition coefficient (Wildman–Crippen LogP) is 0.389. The van der Waals surface area contributed by atoms with Crippen molar-refractivity contribution in [3.8, 4) is 0 Å². The van der Waals surface area contributed by atoms with Gasteiger partial charge in [0.25, 0.3) is 5.91 Å². The van der Waals surface area contributed by atoms with Crippen LogP contribution in [0.15, 0.2) is 18.7 Å². The van der Waals surface area contributed by atoms with E-state index in [0.717, 1.165) is 25.2 Å². The first-order valence-corrected chi connectivity index (χ1v) is 6.48. The van der Waals surface area contributed by atoms with Crippen LogP contribution in [0.4, 0.5) is 5.82 Å². The number of hydrogen-bond donors (Lipinski definition) is 3. The zero-order chi connectivity index (χ0) is 14.2. The van der Waals surface area contributed by atoms with E-state index in [1.807, 2.05) is 6.92 Å². The van der Waals surface area contributed by atoms with Gasteiger partial charge in [-0.2, -0.15) is 5.10 Å². The van der Waals surface area contributed by atoms with Crippen LogP contribution >= 0.6 is 0 Å². The van der Waals surface area contributed by atoms with Crippen LogP contribution < -0.4 is 10.6 Å². The summed E-state index contributed by atoms with van der Waals surface area (Å²) in [5.74, 6) is 1.19. The largest absolute Gasteiger partial charge is 0.369 e. The number of aromatic amines is 1. The maximum absolute atomic E-state index is 11.9. The molecule has 3 N–H and O–H groups in total. The van der Waals surface area contributed by atoms with E-state index in [1.54, 1.807) is 6.20 Å². The maximum atomic E-state index is 11.9. The Kier molecular flexibility index (Phi) is 4.99. The van der Waals surface area contributed by atoms with Crippen molar-refractivity contribution in [2.75, 3.05) is 18.4 Å². The third-order valence-corrected chi connectivity index (χ3v) is 2.57. The molecule has 8 heteroatoms. The first-order valence-electron chi connectivity index (χ1n) is 6.48. The minimum atomic E-state index is -0.227. The summed E-state index contributed by atoms with van der Waals surface area (Å²) < 4.78 is 0. The summed E-state index contributed by atoms with van der Waals surface area (Å²) in [6, 6.07) is 0. The Bertz CT molecular complexity index is 540. The number of aryl methyl sites for hydroxylation is 1. The van der Waals surface area contributed by atoms with Gasteiger partial charge in [-0.1, -0.05) is 0 Å². The Morgan fingerprint density at radius 2 is 2.30 bits per heavy atom. The van der Waals surface area contributed by atoms with E-state index in [0.29, 0.717) is 18.1 Å². The van der Waals surface area contributed by atoms with E-state index < -0.39 is 0 Å². The topological polar surface area (TPSA) is 108 Å². The number of anilines is 1. The van der Waals surface area contributed by atoms with Gasteiger partial charge in [0.15, 0.2) is 0 Å². The fourth-order valence-corrected chi connectivity index (χ4v) is 1.64. The fourth-order valence-electron chi connectivity index (χ4n) is 1.64. The van der Waals surface area contributed by atoms with Gasteiger partial charge in [0.05, 0.1) is 12.4 Å². The number of carbonyl (C=O) groups excluding carboxylic acids is 1. The number of nitrogens with one attached hydrogen (secondary N) is 3. The Morgan fingerprint density at radius 1 is 1.40 bits per heavy atom. The van der Waals surface area contributed by atoms with E-state index in [2.05, 4.69) is 35.8 Å². The lowest BCUT2D eigenvalue weighted by molar-refractivity contribution is 0.0948. The summed E-state index contributed by atoms with van der Waals surface area (Å²) in [5.41, 5.74) is 0.308. The molecule has 2 aromatic rings. The predicted molar refractivity (Wildman–Crippen MR) is 73.2 cm³/mol. The molecule has 0 saturated carbocycles. The van der Waals surface area contributed by atoms with Gasteiger partial charge in [0, 0.05) is 19.5 Å². The van der Waals surface area contributed by atoms with Crippen LogP contribution in [0, 0.1) is 0 Å². The molecule has 0 unspecified atom stereocenters. The van der Waals surface area contributed by atoms with Crippen molar-refractivity contribution in [1.29, 1.82) is 0 Å². The number of nitrogens with zero attached hydrogens (tertiary/aromatic N) is 4. The van der Waals surface area contributed by atoms with Gasteiger partial charge in [0.1, 0.15) is 23.7 Å². The molecule has 0 aromatic carbocycles. The van der Waals surface area contributed by atoms with Gasteiger partial charge < -0.3 is 10.6 Å². The Hall–Kier alpha value is -2.51. The summed E-state index contributed by atoms with van der Waals surface area (Å²) >= 11 is 0.